The number of nitrogens with zero attached hydrogens (tertiary/aromatic N) is 1. The molecule has 2 aromatic rings. The molecule has 0 spiro atoms. The van der Waals surface area contributed by atoms with Crippen molar-refractivity contribution in [2.45, 2.75) is 13.3 Å². The Labute approximate surface area is 115 Å². The van der Waals surface area contributed by atoms with Crippen molar-refractivity contribution in [3.8, 4) is 11.3 Å². The minimum absolute atomic E-state index is 0.0177. The average molecular weight is 274 g/mol. The maximum atomic E-state index is 11.7. The van der Waals surface area contributed by atoms with Gasteiger partial charge >= 0.3 is 0 Å². The number of hydrogen-bond donors (Lipinski definition) is 1. The molecular weight excluding hydrogens is 260 g/mol. The van der Waals surface area contributed by atoms with E-state index in [4.69, 9.17) is 4.42 Å². The van der Waals surface area contributed by atoms with E-state index in [1.165, 1.54) is 12.1 Å². The molecule has 1 N–H and O–H groups in total. The van der Waals surface area contributed by atoms with Gasteiger partial charge in [0.2, 0.25) is 0 Å². The quantitative estimate of drug-likeness (QED) is 0.670. The monoisotopic (exact) mass is 274 g/mol. The fraction of sp³-hybridized carbons (Fsp3) is 0.214. The Kier molecular flexibility index (Phi) is 4.14. The second-order valence-corrected chi connectivity index (χ2v) is 4.23. The van der Waals surface area contributed by atoms with E-state index >= 15 is 0 Å². The highest BCUT2D eigenvalue weighted by molar-refractivity contribution is 5.92. The van der Waals surface area contributed by atoms with Crippen molar-refractivity contribution in [3.05, 3.63) is 52.3 Å². The number of amides is 1. The van der Waals surface area contributed by atoms with Gasteiger partial charge in [0.15, 0.2) is 5.76 Å². The summed E-state index contributed by atoms with van der Waals surface area (Å²) in [4.78, 5) is 22.0. The smallest absolute Gasteiger partial charge is 0.287 e. The molecule has 0 aliphatic rings. The molecule has 20 heavy (non-hydrogen) atoms. The molecule has 1 aromatic carbocycles. The normalized spacial score (nSPS) is 10.2. The zero-order chi connectivity index (χ0) is 14.5. The van der Waals surface area contributed by atoms with Crippen LogP contribution in [0.5, 0.6) is 0 Å². The van der Waals surface area contributed by atoms with E-state index in [0.29, 0.717) is 17.9 Å². The van der Waals surface area contributed by atoms with Crippen LogP contribution in [0.1, 0.15) is 23.9 Å². The van der Waals surface area contributed by atoms with Crippen molar-refractivity contribution >= 4 is 11.6 Å². The summed E-state index contributed by atoms with van der Waals surface area (Å²) in [6, 6.07) is 9.26. The SMILES string of the molecule is CCCNC(=O)c1ccc(-c2cccc([N+](=O)[O-])c2)o1. The summed E-state index contributed by atoms with van der Waals surface area (Å²) in [6.45, 7) is 2.53. The summed E-state index contributed by atoms with van der Waals surface area (Å²) in [7, 11) is 0. The molecule has 0 atom stereocenters. The standard InChI is InChI=1S/C14H14N2O4/c1-2-8-15-14(17)13-7-6-12(20-13)10-4-3-5-11(9-10)16(18)19/h3-7,9H,2,8H2,1H3,(H,15,17). The summed E-state index contributed by atoms with van der Waals surface area (Å²) in [5.74, 6) is 0.332. The molecule has 1 amide bonds. The number of non-ortho nitro benzene ring substituents is 1. The first-order valence-electron chi connectivity index (χ1n) is 6.24. The van der Waals surface area contributed by atoms with E-state index in [1.807, 2.05) is 6.92 Å². The number of benzene rings is 1. The van der Waals surface area contributed by atoms with Crippen LogP contribution in [-0.2, 0) is 0 Å². The van der Waals surface area contributed by atoms with E-state index in [2.05, 4.69) is 5.32 Å². The summed E-state index contributed by atoms with van der Waals surface area (Å²) < 4.78 is 5.43. The Morgan fingerprint density at radius 1 is 1.35 bits per heavy atom. The van der Waals surface area contributed by atoms with Crippen molar-refractivity contribution in [1.29, 1.82) is 0 Å². The fourth-order valence-corrected chi connectivity index (χ4v) is 1.71. The minimum atomic E-state index is -0.471. The maximum Gasteiger partial charge on any atom is 0.287 e. The molecule has 1 aromatic heterocycles. The van der Waals surface area contributed by atoms with Crippen molar-refractivity contribution in [1.82, 2.24) is 5.32 Å². The molecule has 0 saturated carbocycles. The first kappa shape index (κ1) is 13.8. The van der Waals surface area contributed by atoms with Crippen molar-refractivity contribution in [2.24, 2.45) is 0 Å². The molecular formula is C14H14N2O4. The van der Waals surface area contributed by atoms with Gasteiger partial charge in [-0.2, -0.15) is 0 Å². The molecule has 0 aliphatic carbocycles. The highest BCUT2D eigenvalue weighted by atomic mass is 16.6. The molecule has 6 heteroatoms. The van der Waals surface area contributed by atoms with Crippen LogP contribution in [0.3, 0.4) is 0 Å². The number of nitrogens with one attached hydrogen (secondary N) is 1. The zero-order valence-electron chi connectivity index (χ0n) is 11.0. The lowest BCUT2D eigenvalue weighted by Crippen LogP contribution is -2.23. The third-order valence-electron chi connectivity index (χ3n) is 2.71. The van der Waals surface area contributed by atoms with E-state index in [-0.39, 0.29) is 17.4 Å². The van der Waals surface area contributed by atoms with Crippen LogP contribution in [0, 0.1) is 10.1 Å². The van der Waals surface area contributed by atoms with Crippen LogP contribution in [0.2, 0.25) is 0 Å². The van der Waals surface area contributed by atoms with Gasteiger partial charge < -0.3 is 9.73 Å². The molecule has 0 fully saturated rings. The second kappa shape index (κ2) is 6.01. The molecule has 1 heterocycles. The second-order valence-electron chi connectivity index (χ2n) is 4.23. The summed E-state index contributed by atoms with van der Waals surface area (Å²) in [6.07, 6.45) is 0.837. The molecule has 0 aliphatic heterocycles. The van der Waals surface area contributed by atoms with Gasteiger partial charge in [0.25, 0.3) is 11.6 Å². The van der Waals surface area contributed by atoms with Crippen LogP contribution < -0.4 is 5.32 Å². The predicted molar refractivity (Wildman–Crippen MR) is 73.4 cm³/mol. The Morgan fingerprint density at radius 2 is 2.15 bits per heavy atom. The molecule has 0 bridgehead atoms. The highest BCUT2D eigenvalue weighted by Crippen LogP contribution is 2.25. The maximum absolute atomic E-state index is 11.7. The fourth-order valence-electron chi connectivity index (χ4n) is 1.71. The predicted octanol–water partition coefficient (Wildman–Crippen LogP) is 2.99. The number of nitro groups is 1. The van der Waals surface area contributed by atoms with Gasteiger partial charge in [-0.05, 0) is 18.6 Å². The summed E-state index contributed by atoms with van der Waals surface area (Å²) >= 11 is 0. The Morgan fingerprint density at radius 3 is 2.85 bits per heavy atom. The van der Waals surface area contributed by atoms with Crippen LogP contribution in [0.4, 0.5) is 5.69 Å². The van der Waals surface area contributed by atoms with Gasteiger partial charge in [0, 0.05) is 24.2 Å². The van der Waals surface area contributed by atoms with Gasteiger partial charge in [-0.15, -0.1) is 0 Å². The van der Waals surface area contributed by atoms with Gasteiger partial charge in [0.05, 0.1) is 4.92 Å². The van der Waals surface area contributed by atoms with Crippen molar-refractivity contribution in [2.75, 3.05) is 6.54 Å². The minimum Gasteiger partial charge on any atom is -0.451 e. The molecule has 2 rings (SSSR count). The van der Waals surface area contributed by atoms with E-state index in [9.17, 15) is 14.9 Å². The third-order valence-corrected chi connectivity index (χ3v) is 2.71. The molecule has 0 unspecified atom stereocenters. The van der Waals surface area contributed by atoms with Gasteiger partial charge in [0.1, 0.15) is 5.76 Å². The lowest BCUT2D eigenvalue weighted by Gasteiger charge is -2.00. The van der Waals surface area contributed by atoms with E-state index in [1.54, 1.807) is 24.3 Å². The van der Waals surface area contributed by atoms with Gasteiger partial charge in [-0.1, -0.05) is 19.1 Å². The molecule has 0 radical (unpaired) electrons. The van der Waals surface area contributed by atoms with Crippen molar-refractivity contribution in [3.63, 3.8) is 0 Å². The average Bonchev–Trinajstić information content (AvgIpc) is 2.94. The van der Waals surface area contributed by atoms with Crippen LogP contribution in [0.15, 0.2) is 40.8 Å². The third kappa shape index (κ3) is 3.03. The first-order valence-corrected chi connectivity index (χ1v) is 6.24. The number of rotatable bonds is 5. The van der Waals surface area contributed by atoms with Crippen LogP contribution >= 0.6 is 0 Å². The van der Waals surface area contributed by atoms with E-state index in [0.717, 1.165) is 6.42 Å². The number of carbonyl (C=O) groups is 1. The van der Waals surface area contributed by atoms with Crippen LogP contribution in [0.25, 0.3) is 11.3 Å². The topological polar surface area (TPSA) is 85.4 Å². The Hall–Kier alpha value is -2.63. The lowest BCUT2D eigenvalue weighted by atomic mass is 10.1. The number of nitro benzene ring substituents is 1. The Balaban J connectivity index is 2.22. The molecule has 6 nitrogen and oxygen atoms in total. The first-order chi connectivity index (χ1) is 9.61. The number of furan rings is 1. The molecule has 104 valence electrons. The van der Waals surface area contributed by atoms with E-state index < -0.39 is 4.92 Å². The zero-order valence-corrected chi connectivity index (χ0v) is 11.0. The molecule has 0 saturated heterocycles. The van der Waals surface area contributed by atoms with Crippen LogP contribution in [-0.4, -0.2) is 17.4 Å². The summed E-state index contributed by atoms with van der Waals surface area (Å²) in [5.41, 5.74) is 0.546. The summed E-state index contributed by atoms with van der Waals surface area (Å²) in [5, 5.41) is 13.4. The van der Waals surface area contributed by atoms with Crippen molar-refractivity contribution < 1.29 is 14.1 Å². The number of hydrogen-bond acceptors (Lipinski definition) is 4. The Bertz CT molecular complexity index is 634. The highest BCUT2D eigenvalue weighted by Gasteiger charge is 2.13. The number of carbonyl (C=O) groups excluding carboxylic acids is 1. The van der Waals surface area contributed by atoms with Gasteiger partial charge in [-0.25, -0.2) is 0 Å². The largest absolute Gasteiger partial charge is 0.451 e. The van der Waals surface area contributed by atoms with Gasteiger partial charge in [-0.3, -0.25) is 14.9 Å². The lowest BCUT2D eigenvalue weighted by molar-refractivity contribution is -0.384.